The van der Waals surface area contributed by atoms with Crippen molar-refractivity contribution in [1.82, 2.24) is 0 Å². The van der Waals surface area contributed by atoms with Gasteiger partial charge in [-0.1, -0.05) is 25.5 Å². The van der Waals surface area contributed by atoms with Crippen LogP contribution < -0.4 is 5.32 Å². The third-order valence-electron chi connectivity index (χ3n) is 4.43. The van der Waals surface area contributed by atoms with Crippen molar-refractivity contribution in [2.75, 3.05) is 5.32 Å². The molecule has 2 aliphatic rings. The van der Waals surface area contributed by atoms with Crippen LogP contribution in [0.3, 0.4) is 0 Å². The Morgan fingerprint density at radius 3 is 2.88 bits per heavy atom. The molecule has 2 aliphatic carbocycles. The summed E-state index contributed by atoms with van der Waals surface area (Å²) in [5.41, 5.74) is 2.77. The first-order valence-corrected chi connectivity index (χ1v) is 6.70. The fourth-order valence-electron chi connectivity index (χ4n) is 3.52. The predicted octanol–water partition coefficient (Wildman–Crippen LogP) is 3.85. The highest BCUT2D eigenvalue weighted by atomic mass is 14.9. The minimum absolute atomic E-state index is 0.755. The Morgan fingerprint density at radius 1 is 1.25 bits per heavy atom. The molecule has 0 saturated heterocycles. The Labute approximate surface area is 98.3 Å². The topological polar surface area (TPSA) is 12.0 Å². The average molecular weight is 215 g/mol. The Bertz CT molecular complexity index is 371. The van der Waals surface area contributed by atoms with Gasteiger partial charge < -0.3 is 5.32 Å². The van der Waals surface area contributed by atoms with Gasteiger partial charge in [-0.3, -0.25) is 0 Å². The number of aryl methyl sites for hydroxylation is 1. The van der Waals surface area contributed by atoms with Crippen LogP contribution >= 0.6 is 0 Å². The molecule has 2 bridgehead atoms. The van der Waals surface area contributed by atoms with Crippen LogP contribution in [0.2, 0.25) is 0 Å². The van der Waals surface area contributed by atoms with Crippen LogP contribution in [0, 0.1) is 11.8 Å². The summed E-state index contributed by atoms with van der Waals surface area (Å²) >= 11 is 0. The van der Waals surface area contributed by atoms with Crippen molar-refractivity contribution >= 4 is 5.69 Å². The van der Waals surface area contributed by atoms with E-state index >= 15 is 0 Å². The first kappa shape index (κ1) is 10.2. The molecule has 0 aromatic heterocycles. The van der Waals surface area contributed by atoms with Crippen LogP contribution in [0.15, 0.2) is 24.3 Å². The third-order valence-corrected chi connectivity index (χ3v) is 4.43. The molecule has 0 heterocycles. The van der Waals surface area contributed by atoms with Crippen molar-refractivity contribution < 1.29 is 0 Å². The van der Waals surface area contributed by atoms with Crippen LogP contribution in [0.25, 0.3) is 0 Å². The van der Waals surface area contributed by atoms with E-state index in [-0.39, 0.29) is 0 Å². The minimum atomic E-state index is 0.755. The maximum absolute atomic E-state index is 3.75. The lowest BCUT2D eigenvalue weighted by Gasteiger charge is -2.24. The van der Waals surface area contributed by atoms with Crippen molar-refractivity contribution in [1.29, 1.82) is 0 Å². The molecular formula is C15H21N. The molecule has 16 heavy (non-hydrogen) atoms. The highest BCUT2D eigenvalue weighted by Gasteiger charge is 2.39. The first-order valence-electron chi connectivity index (χ1n) is 6.70. The predicted molar refractivity (Wildman–Crippen MR) is 68.7 cm³/mol. The van der Waals surface area contributed by atoms with Crippen LogP contribution in [0.4, 0.5) is 5.69 Å². The van der Waals surface area contributed by atoms with Crippen LogP contribution in [0.5, 0.6) is 0 Å². The van der Waals surface area contributed by atoms with E-state index in [9.17, 15) is 0 Å². The zero-order valence-corrected chi connectivity index (χ0v) is 10.1. The van der Waals surface area contributed by atoms with Crippen LogP contribution in [-0.4, -0.2) is 6.04 Å². The van der Waals surface area contributed by atoms with Crippen molar-refractivity contribution in [2.45, 2.75) is 45.1 Å². The normalized spacial score (nSPS) is 31.9. The van der Waals surface area contributed by atoms with Gasteiger partial charge in [-0.15, -0.1) is 0 Å². The highest BCUT2D eigenvalue weighted by molar-refractivity contribution is 5.47. The fraction of sp³-hybridized carbons (Fsp3) is 0.600. The van der Waals surface area contributed by atoms with Gasteiger partial charge in [0.2, 0.25) is 0 Å². The fourth-order valence-corrected chi connectivity index (χ4v) is 3.52. The quantitative estimate of drug-likeness (QED) is 0.807. The second kappa shape index (κ2) is 4.12. The molecule has 2 fully saturated rings. The summed E-state index contributed by atoms with van der Waals surface area (Å²) in [6.07, 6.45) is 6.95. The Kier molecular flexibility index (Phi) is 2.62. The molecule has 2 saturated carbocycles. The summed E-state index contributed by atoms with van der Waals surface area (Å²) in [5.74, 6) is 1.98. The van der Waals surface area contributed by atoms with E-state index in [1.165, 1.54) is 36.9 Å². The molecule has 1 aromatic carbocycles. The number of hydrogen-bond acceptors (Lipinski definition) is 1. The molecule has 1 N–H and O–H groups in total. The molecule has 0 amide bonds. The Hall–Kier alpha value is -0.980. The number of nitrogens with one attached hydrogen (secondary N) is 1. The molecule has 1 aromatic rings. The number of hydrogen-bond donors (Lipinski definition) is 1. The van der Waals surface area contributed by atoms with Gasteiger partial charge in [-0.25, -0.2) is 0 Å². The van der Waals surface area contributed by atoms with Crippen LogP contribution in [-0.2, 0) is 6.42 Å². The van der Waals surface area contributed by atoms with E-state index in [0.29, 0.717) is 0 Å². The van der Waals surface area contributed by atoms with Gasteiger partial charge in [-0.05, 0) is 55.2 Å². The maximum Gasteiger partial charge on any atom is 0.0345 e. The highest BCUT2D eigenvalue weighted by Crippen LogP contribution is 2.45. The zero-order chi connectivity index (χ0) is 11.0. The van der Waals surface area contributed by atoms with Gasteiger partial charge in [0.25, 0.3) is 0 Å². The first-order chi connectivity index (χ1) is 7.85. The summed E-state index contributed by atoms with van der Waals surface area (Å²) in [7, 11) is 0. The van der Waals surface area contributed by atoms with Gasteiger partial charge in [0, 0.05) is 11.7 Å². The lowest BCUT2D eigenvalue weighted by molar-refractivity contribution is 0.440. The monoisotopic (exact) mass is 215 g/mol. The van der Waals surface area contributed by atoms with Crippen molar-refractivity contribution in [3.8, 4) is 0 Å². The van der Waals surface area contributed by atoms with E-state index in [0.717, 1.165) is 24.3 Å². The SMILES string of the molecule is CCc1cccc(N[C@@H]2C[C@@H]3CC[C@H]2C3)c1. The summed E-state index contributed by atoms with van der Waals surface area (Å²) < 4.78 is 0. The summed E-state index contributed by atoms with van der Waals surface area (Å²) in [5, 5.41) is 3.75. The van der Waals surface area contributed by atoms with E-state index in [1.807, 2.05) is 0 Å². The smallest absolute Gasteiger partial charge is 0.0345 e. The molecule has 1 nitrogen and oxygen atoms in total. The summed E-state index contributed by atoms with van der Waals surface area (Å²) in [6.45, 7) is 2.22. The molecule has 0 spiro atoms. The molecule has 3 atom stereocenters. The van der Waals surface area contributed by atoms with E-state index < -0.39 is 0 Å². The number of anilines is 1. The lowest BCUT2D eigenvalue weighted by atomic mass is 9.95. The summed E-state index contributed by atoms with van der Waals surface area (Å²) in [6, 6.07) is 9.67. The van der Waals surface area contributed by atoms with Crippen molar-refractivity contribution in [3.05, 3.63) is 29.8 Å². The largest absolute Gasteiger partial charge is 0.382 e. The van der Waals surface area contributed by atoms with E-state index in [2.05, 4.69) is 36.5 Å². The molecule has 86 valence electrons. The van der Waals surface area contributed by atoms with E-state index in [4.69, 9.17) is 0 Å². The maximum atomic E-state index is 3.75. The number of rotatable bonds is 3. The third kappa shape index (κ3) is 1.83. The zero-order valence-electron chi connectivity index (χ0n) is 10.1. The van der Waals surface area contributed by atoms with Gasteiger partial charge in [0.05, 0.1) is 0 Å². The molecular weight excluding hydrogens is 194 g/mol. The molecule has 0 aliphatic heterocycles. The van der Waals surface area contributed by atoms with Gasteiger partial charge in [-0.2, -0.15) is 0 Å². The van der Waals surface area contributed by atoms with Gasteiger partial charge >= 0.3 is 0 Å². The second-order valence-electron chi connectivity index (χ2n) is 5.48. The molecule has 0 unspecified atom stereocenters. The van der Waals surface area contributed by atoms with Crippen molar-refractivity contribution in [2.24, 2.45) is 11.8 Å². The lowest BCUT2D eigenvalue weighted by Crippen LogP contribution is -2.25. The van der Waals surface area contributed by atoms with Crippen LogP contribution in [0.1, 0.15) is 38.2 Å². The number of benzene rings is 1. The molecule has 0 radical (unpaired) electrons. The van der Waals surface area contributed by atoms with Crippen molar-refractivity contribution in [3.63, 3.8) is 0 Å². The molecule has 1 heteroatoms. The average Bonchev–Trinajstić information content (AvgIpc) is 2.91. The molecule has 3 rings (SSSR count). The second-order valence-corrected chi connectivity index (χ2v) is 5.48. The summed E-state index contributed by atoms with van der Waals surface area (Å²) in [4.78, 5) is 0. The number of fused-ring (bicyclic) bond motifs is 2. The van der Waals surface area contributed by atoms with Gasteiger partial charge in [0.1, 0.15) is 0 Å². The van der Waals surface area contributed by atoms with Gasteiger partial charge in [0.15, 0.2) is 0 Å². The van der Waals surface area contributed by atoms with E-state index in [1.54, 1.807) is 0 Å². The standard InChI is InChI=1S/C15H21N/c1-2-11-4-3-5-14(9-11)16-15-10-12-6-7-13(15)8-12/h3-5,9,12-13,15-16H,2,6-8,10H2,1H3/t12-,13+,15-/m1/s1. The minimum Gasteiger partial charge on any atom is -0.382 e. The Balaban J connectivity index is 1.69. The Morgan fingerprint density at radius 2 is 2.19 bits per heavy atom.